The van der Waals surface area contributed by atoms with Gasteiger partial charge in [0.25, 0.3) is 11.8 Å². The Hall–Kier alpha value is -3.11. The van der Waals surface area contributed by atoms with Crippen LogP contribution < -0.4 is 21.1 Å². The summed E-state index contributed by atoms with van der Waals surface area (Å²) in [6, 6.07) is 6.98. The number of carbonyl (C=O) groups is 2. The Balaban J connectivity index is 0.000000303. The molecule has 174 valence electrons. The van der Waals surface area contributed by atoms with Gasteiger partial charge in [-0.1, -0.05) is 6.07 Å². The van der Waals surface area contributed by atoms with E-state index in [9.17, 15) is 18.4 Å². The number of anilines is 1. The second-order valence-electron chi connectivity index (χ2n) is 7.09. The molecule has 2 atom stereocenters. The van der Waals surface area contributed by atoms with Crippen molar-refractivity contribution in [3.05, 3.63) is 53.9 Å². The van der Waals surface area contributed by atoms with Gasteiger partial charge in [0.1, 0.15) is 11.8 Å². The lowest BCUT2D eigenvalue weighted by molar-refractivity contribution is -0.126. The van der Waals surface area contributed by atoms with Gasteiger partial charge in [0, 0.05) is 18.4 Å². The third-order valence-electron chi connectivity index (χ3n) is 4.59. The molecule has 32 heavy (non-hydrogen) atoms. The van der Waals surface area contributed by atoms with Gasteiger partial charge in [-0.25, -0.2) is 4.39 Å². The van der Waals surface area contributed by atoms with E-state index < -0.39 is 17.7 Å². The Morgan fingerprint density at radius 2 is 2.06 bits per heavy atom. The number of rotatable bonds is 7. The number of hydrogen-bond donors (Lipinski definition) is 3. The molecule has 2 aromatic rings. The van der Waals surface area contributed by atoms with E-state index in [1.165, 1.54) is 25.4 Å². The van der Waals surface area contributed by atoms with Gasteiger partial charge in [-0.3, -0.25) is 14.6 Å². The van der Waals surface area contributed by atoms with Crippen LogP contribution in [-0.2, 0) is 9.53 Å². The molecule has 0 bridgehead atoms. The molecule has 2 amide bonds. The van der Waals surface area contributed by atoms with E-state index in [4.69, 9.17) is 10.5 Å². The third-order valence-corrected chi connectivity index (χ3v) is 4.59. The molecule has 1 aliphatic rings. The lowest BCUT2D eigenvalue weighted by Crippen LogP contribution is -2.29. The molecule has 0 aliphatic carbocycles. The van der Waals surface area contributed by atoms with Gasteiger partial charge in [0.2, 0.25) is 5.82 Å². The summed E-state index contributed by atoms with van der Waals surface area (Å²) in [5, 5.41) is 5.49. The zero-order valence-corrected chi connectivity index (χ0v) is 18.1. The number of amides is 2. The van der Waals surface area contributed by atoms with E-state index in [-0.39, 0.29) is 29.4 Å². The summed E-state index contributed by atoms with van der Waals surface area (Å²) in [5.41, 5.74) is 6.17. The summed E-state index contributed by atoms with van der Waals surface area (Å²) >= 11 is 0. The van der Waals surface area contributed by atoms with E-state index in [0.717, 1.165) is 12.5 Å². The van der Waals surface area contributed by atoms with Crippen molar-refractivity contribution in [1.82, 2.24) is 10.3 Å². The molecule has 1 aliphatic heterocycles. The Bertz CT molecular complexity index is 913. The molecule has 0 saturated carbocycles. The van der Waals surface area contributed by atoms with Crippen LogP contribution in [0.4, 0.5) is 14.5 Å². The number of halogens is 2. The number of benzene rings is 1. The van der Waals surface area contributed by atoms with E-state index >= 15 is 0 Å². The van der Waals surface area contributed by atoms with Crippen LogP contribution in [0.2, 0.25) is 0 Å². The maximum atomic E-state index is 12.5. The zero-order valence-electron chi connectivity index (χ0n) is 18.1. The Morgan fingerprint density at radius 1 is 1.28 bits per heavy atom. The highest BCUT2D eigenvalue weighted by Crippen LogP contribution is 2.21. The Morgan fingerprint density at radius 3 is 2.69 bits per heavy atom. The molecule has 1 saturated heterocycles. The van der Waals surface area contributed by atoms with Crippen molar-refractivity contribution in [2.45, 2.75) is 38.4 Å². The summed E-state index contributed by atoms with van der Waals surface area (Å²) in [4.78, 5) is 28.0. The summed E-state index contributed by atoms with van der Waals surface area (Å²) in [5.74, 6) is -2.37. The van der Waals surface area contributed by atoms with Gasteiger partial charge in [-0.2, -0.15) is 4.39 Å². The first-order valence-electron chi connectivity index (χ1n) is 10.2. The predicted molar refractivity (Wildman–Crippen MR) is 115 cm³/mol. The van der Waals surface area contributed by atoms with E-state index in [2.05, 4.69) is 20.4 Å². The fourth-order valence-electron chi connectivity index (χ4n) is 2.89. The maximum Gasteiger partial charge on any atom is 0.269 e. The topological polar surface area (TPSA) is 116 Å². The van der Waals surface area contributed by atoms with Gasteiger partial charge < -0.3 is 25.8 Å². The molecule has 2 heterocycles. The van der Waals surface area contributed by atoms with Crippen molar-refractivity contribution in [3.63, 3.8) is 0 Å². The van der Waals surface area contributed by atoms with Crippen LogP contribution in [0, 0.1) is 11.6 Å². The molecule has 0 radical (unpaired) electrons. The summed E-state index contributed by atoms with van der Waals surface area (Å²) in [6.45, 7) is 2.97. The average molecular weight is 450 g/mol. The molecule has 2 unspecified atom stereocenters. The first-order chi connectivity index (χ1) is 15.3. The quantitative estimate of drug-likeness (QED) is 0.559. The minimum atomic E-state index is -0.940. The number of nitrogens with two attached hydrogens (primary N) is 1. The normalized spacial score (nSPS) is 17.2. The molecule has 1 aromatic heterocycles. The SMILES string of the molecule is CC1CCC(C(=O)Nc2ccnc(C(=O)NCCCN)c2)O1.COc1cccc(F)c1F. The molecule has 1 fully saturated rings. The lowest BCUT2D eigenvalue weighted by Gasteiger charge is -2.12. The van der Waals surface area contributed by atoms with Crippen LogP contribution in [0.15, 0.2) is 36.5 Å². The summed E-state index contributed by atoms with van der Waals surface area (Å²) in [6.07, 6.45) is 3.47. The van der Waals surface area contributed by atoms with Crippen LogP contribution in [0.25, 0.3) is 0 Å². The zero-order chi connectivity index (χ0) is 23.5. The molecule has 8 nitrogen and oxygen atoms in total. The van der Waals surface area contributed by atoms with Crippen molar-refractivity contribution in [2.75, 3.05) is 25.5 Å². The maximum absolute atomic E-state index is 12.5. The smallest absolute Gasteiger partial charge is 0.269 e. The van der Waals surface area contributed by atoms with Crippen molar-refractivity contribution >= 4 is 17.5 Å². The van der Waals surface area contributed by atoms with Gasteiger partial charge in [-0.05, 0) is 57.0 Å². The molecule has 1 aromatic carbocycles. The van der Waals surface area contributed by atoms with Gasteiger partial charge in [0.05, 0.1) is 13.2 Å². The summed E-state index contributed by atoms with van der Waals surface area (Å²) < 4.78 is 34.8. The predicted octanol–water partition coefficient (Wildman–Crippen LogP) is 2.64. The highest BCUT2D eigenvalue weighted by molar-refractivity contribution is 5.97. The molecule has 10 heteroatoms. The molecule has 4 N–H and O–H groups in total. The second kappa shape index (κ2) is 12.7. The van der Waals surface area contributed by atoms with Gasteiger partial charge in [-0.15, -0.1) is 0 Å². The highest BCUT2D eigenvalue weighted by Gasteiger charge is 2.28. The largest absolute Gasteiger partial charge is 0.494 e. The lowest BCUT2D eigenvalue weighted by atomic mass is 10.2. The number of nitrogens with zero attached hydrogens (tertiary/aromatic N) is 1. The fraction of sp³-hybridized carbons (Fsp3) is 0.409. The van der Waals surface area contributed by atoms with Crippen LogP contribution in [0.3, 0.4) is 0 Å². The highest BCUT2D eigenvalue weighted by atomic mass is 19.2. The second-order valence-corrected chi connectivity index (χ2v) is 7.09. The molecular weight excluding hydrogens is 422 g/mol. The average Bonchev–Trinajstić information content (AvgIpc) is 3.23. The van der Waals surface area contributed by atoms with Crippen molar-refractivity contribution < 1.29 is 27.8 Å². The standard InChI is InChI=1S/C15H22N4O3.C7H6F2O/c1-10-3-4-13(22-10)15(21)19-11-5-8-17-12(9-11)14(20)18-7-2-6-16;1-10-6-4-2-3-5(8)7(6)9/h5,8-10,13H,2-4,6-7,16H2,1H3,(H,18,20)(H,17,19,21);2-4H,1H3. The summed E-state index contributed by atoms with van der Waals surface area (Å²) in [7, 11) is 1.29. The Kier molecular flexibility index (Phi) is 9.96. The van der Waals surface area contributed by atoms with Gasteiger partial charge >= 0.3 is 0 Å². The van der Waals surface area contributed by atoms with Crippen LogP contribution >= 0.6 is 0 Å². The van der Waals surface area contributed by atoms with E-state index in [1.54, 1.807) is 12.1 Å². The number of methoxy groups -OCH3 is 1. The van der Waals surface area contributed by atoms with Crippen LogP contribution in [0.5, 0.6) is 5.75 Å². The van der Waals surface area contributed by atoms with Crippen LogP contribution in [0.1, 0.15) is 36.7 Å². The number of carbonyl (C=O) groups excluding carboxylic acids is 2. The molecular formula is C22H28F2N4O4. The number of hydrogen-bond acceptors (Lipinski definition) is 6. The molecule has 0 spiro atoms. The first-order valence-corrected chi connectivity index (χ1v) is 10.2. The molecule has 3 rings (SSSR count). The number of nitrogens with one attached hydrogen (secondary N) is 2. The minimum absolute atomic E-state index is 0.0694. The fourth-order valence-corrected chi connectivity index (χ4v) is 2.89. The van der Waals surface area contributed by atoms with E-state index in [0.29, 0.717) is 31.6 Å². The van der Waals surface area contributed by atoms with Crippen molar-refractivity contribution in [2.24, 2.45) is 5.73 Å². The number of aromatic nitrogens is 1. The van der Waals surface area contributed by atoms with Crippen LogP contribution in [-0.4, -0.2) is 49.2 Å². The van der Waals surface area contributed by atoms with Gasteiger partial charge in [0.15, 0.2) is 11.6 Å². The Labute approximate surface area is 185 Å². The van der Waals surface area contributed by atoms with Crippen molar-refractivity contribution in [1.29, 1.82) is 0 Å². The minimum Gasteiger partial charge on any atom is -0.494 e. The van der Waals surface area contributed by atoms with Crippen molar-refractivity contribution in [3.8, 4) is 5.75 Å². The van der Waals surface area contributed by atoms with E-state index in [1.807, 2.05) is 6.92 Å². The number of ether oxygens (including phenoxy) is 2. The monoisotopic (exact) mass is 450 g/mol. The first kappa shape index (κ1) is 25.2. The number of pyridine rings is 1. The third kappa shape index (κ3) is 7.54.